The number of hydrogen-bond acceptors (Lipinski definition) is 8. The molecule has 4 unspecified atom stereocenters. The number of aromatic nitrogens is 4. The molecule has 67 heavy (non-hydrogen) atoms. The molecule has 4 fully saturated rings. The van der Waals surface area contributed by atoms with Gasteiger partial charge in [0.1, 0.15) is 0 Å². The maximum absolute atomic E-state index is 12.5. The molecule has 12 heteroatoms. The highest BCUT2D eigenvalue weighted by Crippen LogP contribution is 2.38. The highest BCUT2D eigenvalue weighted by atomic mass is 16.5. The molecule has 4 aliphatic rings. The summed E-state index contributed by atoms with van der Waals surface area (Å²) in [5.74, 6) is 2.14. The topological polar surface area (TPSA) is 139 Å². The average molecular weight is 922 g/mol. The van der Waals surface area contributed by atoms with Crippen LogP contribution in [0.2, 0.25) is 0 Å². The van der Waals surface area contributed by atoms with Gasteiger partial charge in [-0.1, -0.05) is 86.1 Å². The molecule has 12 nitrogen and oxygen atoms in total. The van der Waals surface area contributed by atoms with Crippen molar-refractivity contribution in [2.45, 2.75) is 168 Å². The molecule has 0 spiro atoms. The summed E-state index contributed by atoms with van der Waals surface area (Å²) in [7, 11) is 5.11. The third-order valence-corrected chi connectivity index (χ3v) is 13.0. The van der Waals surface area contributed by atoms with Gasteiger partial charge in [0.25, 0.3) is 22.2 Å². The van der Waals surface area contributed by atoms with Crippen LogP contribution < -0.4 is 22.2 Å². The zero-order valence-electron chi connectivity index (χ0n) is 42.2. The van der Waals surface area contributed by atoms with Crippen molar-refractivity contribution in [3.05, 3.63) is 137 Å². The number of pyridine rings is 4. The SMILES string of the molecule is CC(C)Cc1cccn(C2CCCC(C#N)C2)c1=O.COC1CC1n1cccc(CC(C)C)c1=O.CO[C@@H]1C[C@H]1n1cccc(CC(C)C)c1=O.CO[C@H]1C[C@@H]1n1cccc(CC(C)C)c1=O. The van der Waals surface area contributed by atoms with Crippen LogP contribution in [0.3, 0.4) is 0 Å². The molecule has 4 saturated carbocycles. The van der Waals surface area contributed by atoms with E-state index < -0.39 is 0 Å². The van der Waals surface area contributed by atoms with Crippen molar-refractivity contribution in [2.75, 3.05) is 21.3 Å². The lowest BCUT2D eigenvalue weighted by Gasteiger charge is -2.27. The van der Waals surface area contributed by atoms with Crippen molar-refractivity contribution in [1.82, 2.24) is 18.3 Å². The zero-order valence-corrected chi connectivity index (χ0v) is 42.2. The van der Waals surface area contributed by atoms with Crippen LogP contribution in [-0.2, 0) is 39.9 Å². The van der Waals surface area contributed by atoms with Crippen LogP contribution in [0.1, 0.15) is 147 Å². The Hall–Kier alpha value is -4.83. The molecule has 366 valence electrons. The lowest BCUT2D eigenvalue weighted by molar-refractivity contribution is 0.169. The van der Waals surface area contributed by atoms with Crippen molar-refractivity contribution in [2.24, 2.45) is 29.6 Å². The third-order valence-electron chi connectivity index (χ3n) is 13.0. The highest BCUT2D eigenvalue weighted by Gasteiger charge is 2.41. The fourth-order valence-corrected chi connectivity index (χ4v) is 9.33. The Morgan fingerprint density at radius 3 is 1.06 bits per heavy atom. The second-order valence-corrected chi connectivity index (χ2v) is 20.8. The van der Waals surface area contributed by atoms with Gasteiger partial charge in [0.2, 0.25) is 0 Å². The van der Waals surface area contributed by atoms with E-state index in [-0.39, 0.29) is 70.6 Å². The average Bonchev–Trinajstić information content (AvgIpc) is 4.19. The molecule has 0 radical (unpaired) electrons. The smallest absolute Gasteiger partial charge is 0.254 e. The minimum atomic E-state index is 0.111. The molecule has 4 aromatic rings. The van der Waals surface area contributed by atoms with E-state index in [2.05, 4.69) is 61.5 Å². The normalized spacial score (nSPS) is 23.6. The Morgan fingerprint density at radius 1 is 0.493 bits per heavy atom. The molecule has 4 heterocycles. The second kappa shape index (κ2) is 25.0. The van der Waals surface area contributed by atoms with E-state index in [4.69, 9.17) is 19.5 Å². The van der Waals surface area contributed by atoms with Crippen molar-refractivity contribution in [3.63, 3.8) is 0 Å². The van der Waals surface area contributed by atoms with Crippen LogP contribution in [0.5, 0.6) is 0 Å². The van der Waals surface area contributed by atoms with E-state index >= 15 is 0 Å². The number of rotatable bonds is 15. The predicted octanol–water partition coefficient (Wildman–Crippen LogP) is 9.32. The number of methoxy groups -OCH3 is 3. The van der Waals surface area contributed by atoms with Crippen molar-refractivity contribution < 1.29 is 14.2 Å². The van der Waals surface area contributed by atoms with Crippen LogP contribution in [-0.4, -0.2) is 57.9 Å². The summed E-state index contributed by atoms with van der Waals surface area (Å²) in [6.45, 7) is 17.0. The minimum absolute atomic E-state index is 0.111. The first-order valence-corrected chi connectivity index (χ1v) is 24.8. The van der Waals surface area contributed by atoms with Crippen LogP contribution in [0.15, 0.2) is 92.5 Å². The molecule has 4 aliphatic carbocycles. The van der Waals surface area contributed by atoms with Gasteiger partial charge < -0.3 is 32.5 Å². The molecular weight excluding hydrogens is 843 g/mol. The molecule has 8 rings (SSSR count). The number of nitriles is 1. The first-order valence-electron chi connectivity index (χ1n) is 24.8. The number of ether oxygens (including phenoxy) is 3. The maximum Gasteiger partial charge on any atom is 0.254 e. The zero-order chi connectivity index (χ0) is 48.9. The van der Waals surface area contributed by atoms with E-state index in [0.29, 0.717) is 23.7 Å². The lowest BCUT2D eigenvalue weighted by Crippen LogP contribution is -2.30. The standard InChI is InChI=1S/C16H22N2O.3C13H19NO2/c1-12(2)9-14-6-4-8-18(16(14)19)15-7-3-5-13(10-15)11-17;3*1-9(2)7-10-5-4-6-14(13(10)15)11-8-12(11)16-3/h4,6,8,12-13,15H,3,5,7,9-10H2,1-2H3;3*4-6,9,11-12H,7-8H2,1-3H3/t;2*11-,12-;/m.10./s1. The van der Waals surface area contributed by atoms with Gasteiger partial charge in [-0.2, -0.15) is 5.26 Å². The highest BCUT2D eigenvalue weighted by molar-refractivity contribution is 5.17. The Balaban J connectivity index is 0.000000168. The van der Waals surface area contributed by atoms with Gasteiger partial charge in [-0.3, -0.25) is 19.2 Å². The van der Waals surface area contributed by atoms with E-state index in [9.17, 15) is 19.2 Å². The second-order valence-electron chi connectivity index (χ2n) is 20.8. The summed E-state index contributed by atoms with van der Waals surface area (Å²) < 4.78 is 23.1. The van der Waals surface area contributed by atoms with Gasteiger partial charge in [0.05, 0.1) is 42.5 Å². The fourth-order valence-electron chi connectivity index (χ4n) is 9.33. The number of hydrogen-bond donors (Lipinski definition) is 0. The van der Waals surface area contributed by atoms with Crippen LogP contribution in [0, 0.1) is 40.9 Å². The Kier molecular flexibility index (Phi) is 19.8. The predicted molar refractivity (Wildman–Crippen MR) is 267 cm³/mol. The summed E-state index contributed by atoms with van der Waals surface area (Å²) in [6, 6.07) is 18.9. The Bertz CT molecular complexity index is 2280. The quantitative estimate of drug-likeness (QED) is 0.115. The maximum atomic E-state index is 12.5. The largest absolute Gasteiger partial charge is 0.379 e. The monoisotopic (exact) mass is 922 g/mol. The molecule has 0 aromatic carbocycles. The fraction of sp³-hybridized carbons (Fsp3) is 0.618. The van der Waals surface area contributed by atoms with Crippen LogP contribution >= 0.6 is 0 Å². The molecule has 0 N–H and O–H groups in total. The van der Waals surface area contributed by atoms with Crippen LogP contribution in [0.25, 0.3) is 0 Å². The van der Waals surface area contributed by atoms with Crippen LogP contribution in [0.4, 0.5) is 0 Å². The Labute approximate surface area is 398 Å². The number of nitrogens with zero attached hydrogens (tertiary/aromatic N) is 5. The first kappa shape index (κ1) is 53.1. The van der Waals surface area contributed by atoms with Crippen molar-refractivity contribution in [1.29, 1.82) is 5.26 Å². The lowest BCUT2D eigenvalue weighted by atomic mass is 9.86. The van der Waals surface area contributed by atoms with Crippen molar-refractivity contribution >= 4 is 0 Å². The van der Waals surface area contributed by atoms with Gasteiger partial charge in [0, 0.05) is 80.3 Å². The summed E-state index contributed by atoms with van der Waals surface area (Å²) in [5, 5.41) is 9.06. The van der Waals surface area contributed by atoms with E-state index in [1.807, 2.05) is 91.6 Å². The summed E-state index contributed by atoms with van der Waals surface area (Å²) in [5.41, 5.74) is 4.25. The van der Waals surface area contributed by atoms with Gasteiger partial charge in [-0.25, -0.2) is 0 Å². The summed E-state index contributed by atoms with van der Waals surface area (Å²) >= 11 is 0. The van der Waals surface area contributed by atoms with E-state index in [1.54, 1.807) is 21.3 Å². The van der Waals surface area contributed by atoms with E-state index in [0.717, 1.165) is 92.9 Å². The first-order chi connectivity index (χ1) is 32.0. The van der Waals surface area contributed by atoms with Gasteiger partial charge >= 0.3 is 0 Å². The molecule has 0 bridgehead atoms. The Morgan fingerprint density at radius 2 is 0.791 bits per heavy atom. The van der Waals surface area contributed by atoms with Crippen molar-refractivity contribution in [3.8, 4) is 6.07 Å². The van der Waals surface area contributed by atoms with Gasteiger partial charge in [-0.15, -0.1) is 0 Å². The molecule has 0 saturated heterocycles. The molecule has 8 atom stereocenters. The summed E-state index contributed by atoms with van der Waals surface area (Å²) in [6.07, 6.45) is 18.3. The minimum Gasteiger partial charge on any atom is -0.379 e. The third kappa shape index (κ3) is 15.1. The van der Waals surface area contributed by atoms with Gasteiger partial charge in [0.15, 0.2) is 0 Å². The van der Waals surface area contributed by atoms with E-state index in [1.165, 1.54) is 0 Å². The molecular formula is C55H79N5O7. The molecule has 0 aliphatic heterocycles. The molecule has 0 amide bonds. The molecule has 4 aromatic heterocycles. The summed E-state index contributed by atoms with van der Waals surface area (Å²) in [4.78, 5) is 48.9. The van der Waals surface area contributed by atoms with Gasteiger partial charge in [-0.05, 0) is 112 Å².